The van der Waals surface area contributed by atoms with Crippen molar-refractivity contribution in [3.63, 3.8) is 0 Å². The number of anilines is 1. The molecule has 1 aliphatic heterocycles. The molecule has 5 atom stereocenters. The molecule has 1 aromatic rings. The van der Waals surface area contributed by atoms with E-state index in [1.54, 1.807) is 5.56 Å². The Bertz CT molecular complexity index is 832. The fourth-order valence-corrected chi connectivity index (χ4v) is 7.23. The van der Waals surface area contributed by atoms with Crippen molar-refractivity contribution in [2.75, 3.05) is 11.9 Å². The van der Waals surface area contributed by atoms with E-state index in [1.807, 2.05) is 6.08 Å². The Hall–Kier alpha value is -1.76. The predicted octanol–water partition coefficient (Wildman–Crippen LogP) is 5.56. The molecule has 1 heteroatoms. The van der Waals surface area contributed by atoms with Gasteiger partial charge in [0.15, 0.2) is 0 Å². The van der Waals surface area contributed by atoms with Crippen LogP contribution in [-0.2, 0) is 5.41 Å². The van der Waals surface area contributed by atoms with Crippen LogP contribution in [0.25, 0.3) is 0 Å². The molecular formula is C24H29N. The summed E-state index contributed by atoms with van der Waals surface area (Å²) in [7, 11) is 2.30. The summed E-state index contributed by atoms with van der Waals surface area (Å²) in [6.07, 6.45) is 11.6. The summed E-state index contributed by atoms with van der Waals surface area (Å²) in [5.74, 6) is 0.777. The number of rotatable bonds is 3. The van der Waals surface area contributed by atoms with Crippen LogP contribution in [0.15, 0.2) is 55.2 Å². The molecule has 25 heavy (non-hydrogen) atoms. The number of allylic oxidation sites excluding steroid dienone is 4. The van der Waals surface area contributed by atoms with Gasteiger partial charge in [-0.25, -0.2) is 0 Å². The molecule has 0 radical (unpaired) electrons. The molecule has 5 rings (SSSR count). The lowest BCUT2D eigenvalue weighted by molar-refractivity contribution is 0.0709. The van der Waals surface area contributed by atoms with Gasteiger partial charge in [0, 0.05) is 29.6 Å². The van der Waals surface area contributed by atoms with Gasteiger partial charge in [0.25, 0.3) is 0 Å². The summed E-state index contributed by atoms with van der Waals surface area (Å²) < 4.78 is 0. The van der Waals surface area contributed by atoms with E-state index in [0.717, 1.165) is 5.92 Å². The maximum atomic E-state index is 4.52. The van der Waals surface area contributed by atoms with Gasteiger partial charge in [-0.3, -0.25) is 0 Å². The first kappa shape index (κ1) is 15.5. The molecule has 0 spiro atoms. The lowest BCUT2D eigenvalue weighted by Gasteiger charge is -2.51. The topological polar surface area (TPSA) is 3.24 Å². The van der Waals surface area contributed by atoms with Crippen LogP contribution in [0.5, 0.6) is 0 Å². The maximum Gasteiger partial charge on any atom is 0.0405 e. The molecule has 0 bridgehead atoms. The van der Waals surface area contributed by atoms with Crippen LogP contribution >= 0.6 is 0 Å². The SMILES string of the molecule is C=C/C=C\C(=C)[C@@]12CC[C@@H]1[C@]13C[C@@]1(C2)[C@H](C)N(C)c1ccc(C)cc13. The molecule has 4 aliphatic rings. The molecule has 0 N–H and O–H groups in total. The van der Waals surface area contributed by atoms with Gasteiger partial charge < -0.3 is 4.90 Å². The Morgan fingerprint density at radius 1 is 1.32 bits per heavy atom. The molecule has 1 heterocycles. The Balaban J connectivity index is 1.67. The first-order valence-electron chi connectivity index (χ1n) is 9.75. The number of hydrogen-bond acceptors (Lipinski definition) is 1. The summed E-state index contributed by atoms with van der Waals surface area (Å²) in [6, 6.07) is 7.75. The van der Waals surface area contributed by atoms with Gasteiger partial charge in [0.2, 0.25) is 0 Å². The molecule has 3 fully saturated rings. The van der Waals surface area contributed by atoms with Crippen molar-refractivity contribution < 1.29 is 0 Å². The Labute approximate surface area is 152 Å². The van der Waals surface area contributed by atoms with Gasteiger partial charge in [-0.1, -0.05) is 49.1 Å². The second kappa shape index (κ2) is 4.50. The fourth-order valence-electron chi connectivity index (χ4n) is 7.23. The van der Waals surface area contributed by atoms with Crippen molar-refractivity contribution in [2.45, 2.75) is 51.0 Å². The van der Waals surface area contributed by atoms with Gasteiger partial charge in [-0.2, -0.15) is 0 Å². The summed E-state index contributed by atoms with van der Waals surface area (Å²) >= 11 is 0. The first-order valence-corrected chi connectivity index (χ1v) is 9.75. The quantitative estimate of drug-likeness (QED) is 0.655. The van der Waals surface area contributed by atoms with E-state index < -0.39 is 0 Å². The highest BCUT2D eigenvalue weighted by atomic mass is 15.2. The Morgan fingerprint density at radius 2 is 2.12 bits per heavy atom. The molecule has 1 nitrogen and oxygen atoms in total. The van der Waals surface area contributed by atoms with Gasteiger partial charge in [-0.15, -0.1) is 0 Å². The number of aryl methyl sites for hydroxylation is 1. The Kier molecular flexibility index (Phi) is 2.79. The number of benzene rings is 1. The van der Waals surface area contributed by atoms with Gasteiger partial charge in [0.1, 0.15) is 0 Å². The van der Waals surface area contributed by atoms with Gasteiger partial charge in [-0.05, 0) is 68.1 Å². The third-order valence-corrected chi connectivity index (χ3v) is 8.60. The van der Waals surface area contributed by atoms with E-state index in [1.165, 1.54) is 42.5 Å². The average Bonchev–Trinajstić information content (AvgIpc) is 3.20. The maximum absolute atomic E-state index is 4.52. The van der Waals surface area contributed by atoms with Crippen LogP contribution in [0.3, 0.4) is 0 Å². The fraction of sp³-hybridized carbons (Fsp3) is 0.500. The van der Waals surface area contributed by atoms with E-state index in [0.29, 0.717) is 22.3 Å². The van der Waals surface area contributed by atoms with Crippen molar-refractivity contribution >= 4 is 5.69 Å². The summed E-state index contributed by atoms with van der Waals surface area (Å²) in [5.41, 5.74) is 7.05. The summed E-state index contributed by atoms with van der Waals surface area (Å²) in [5, 5.41) is 0. The van der Waals surface area contributed by atoms with Crippen molar-refractivity contribution in [3.8, 4) is 0 Å². The smallest absolute Gasteiger partial charge is 0.0405 e. The molecule has 3 saturated carbocycles. The predicted molar refractivity (Wildman–Crippen MR) is 106 cm³/mol. The second-order valence-electron chi connectivity index (χ2n) is 9.16. The molecule has 3 aliphatic carbocycles. The molecule has 0 amide bonds. The lowest BCUT2D eigenvalue weighted by Crippen LogP contribution is -2.46. The van der Waals surface area contributed by atoms with E-state index in [9.17, 15) is 0 Å². The van der Waals surface area contributed by atoms with Crippen LogP contribution in [0, 0.1) is 23.7 Å². The third-order valence-electron chi connectivity index (χ3n) is 8.60. The molecule has 1 aromatic carbocycles. The zero-order chi connectivity index (χ0) is 17.6. The normalized spacial score (nSPS) is 42.9. The van der Waals surface area contributed by atoms with Gasteiger partial charge in [0.05, 0.1) is 0 Å². The monoisotopic (exact) mass is 331 g/mol. The van der Waals surface area contributed by atoms with Crippen molar-refractivity contribution in [3.05, 3.63) is 66.3 Å². The molecular weight excluding hydrogens is 302 g/mol. The number of hydrogen-bond donors (Lipinski definition) is 0. The summed E-state index contributed by atoms with van der Waals surface area (Å²) in [4.78, 5) is 2.56. The Morgan fingerprint density at radius 3 is 2.80 bits per heavy atom. The van der Waals surface area contributed by atoms with Crippen molar-refractivity contribution in [1.29, 1.82) is 0 Å². The highest BCUT2D eigenvalue weighted by Crippen LogP contribution is 2.89. The minimum Gasteiger partial charge on any atom is -0.371 e. The van der Waals surface area contributed by atoms with Crippen LogP contribution in [0.4, 0.5) is 5.69 Å². The number of nitrogens with zero attached hydrogens (tertiary/aromatic N) is 1. The van der Waals surface area contributed by atoms with Crippen LogP contribution in [0.2, 0.25) is 0 Å². The third kappa shape index (κ3) is 1.49. The average molecular weight is 332 g/mol. The zero-order valence-corrected chi connectivity index (χ0v) is 15.8. The van der Waals surface area contributed by atoms with E-state index in [2.05, 4.69) is 69.3 Å². The van der Waals surface area contributed by atoms with Crippen molar-refractivity contribution in [2.24, 2.45) is 16.7 Å². The van der Waals surface area contributed by atoms with Crippen LogP contribution in [-0.4, -0.2) is 13.1 Å². The van der Waals surface area contributed by atoms with E-state index in [-0.39, 0.29) is 0 Å². The molecule has 0 saturated heterocycles. The molecule has 0 unspecified atom stereocenters. The van der Waals surface area contributed by atoms with Crippen LogP contribution in [0.1, 0.15) is 43.7 Å². The highest BCUT2D eigenvalue weighted by Gasteiger charge is 2.86. The van der Waals surface area contributed by atoms with E-state index >= 15 is 0 Å². The number of fused-ring (bicyclic) bond motifs is 2. The molecule has 0 aromatic heterocycles. The van der Waals surface area contributed by atoms with Crippen molar-refractivity contribution in [1.82, 2.24) is 0 Å². The van der Waals surface area contributed by atoms with E-state index in [4.69, 9.17) is 0 Å². The zero-order valence-electron chi connectivity index (χ0n) is 15.8. The highest BCUT2D eigenvalue weighted by molar-refractivity contribution is 5.69. The minimum atomic E-state index is 0.332. The molecule has 130 valence electrons. The second-order valence-corrected chi connectivity index (χ2v) is 9.16. The lowest BCUT2D eigenvalue weighted by atomic mass is 9.53. The largest absolute Gasteiger partial charge is 0.371 e. The minimum absolute atomic E-state index is 0.332. The standard InChI is InChI=1S/C24H29N/c1-6-7-8-17(3)22-12-11-21(22)24-15-23(24,14-22)18(4)25(5)20-10-9-16(2)13-19(20)24/h6-10,13,18,21H,1,3,11-12,14-15H2,2,4-5H3/b8-7-/t18-,21-,22-,23-,24+/m0/s1. The van der Waals surface area contributed by atoms with Gasteiger partial charge >= 0.3 is 0 Å². The summed E-state index contributed by atoms with van der Waals surface area (Å²) in [6.45, 7) is 13.1. The van der Waals surface area contributed by atoms with Crippen LogP contribution < -0.4 is 4.90 Å². The first-order chi connectivity index (χ1) is 11.9.